The van der Waals surface area contributed by atoms with Gasteiger partial charge in [-0.2, -0.15) is 0 Å². The first kappa shape index (κ1) is 9.49. The summed E-state index contributed by atoms with van der Waals surface area (Å²) in [6, 6.07) is 0.193. The SMILES string of the molecule is CCC(=O)N1C2CCC1(C(=O)O)CC2. The van der Waals surface area contributed by atoms with Gasteiger partial charge in [-0.1, -0.05) is 6.92 Å². The molecule has 0 aromatic carbocycles. The topological polar surface area (TPSA) is 57.6 Å². The molecule has 0 spiro atoms. The smallest absolute Gasteiger partial charge is 0.329 e. The zero-order chi connectivity index (χ0) is 10.3. The number of carbonyl (C=O) groups excluding carboxylic acids is 1. The number of hydrogen-bond acceptors (Lipinski definition) is 2. The highest BCUT2D eigenvalue weighted by molar-refractivity contribution is 5.88. The van der Waals surface area contributed by atoms with E-state index in [-0.39, 0.29) is 11.9 Å². The molecule has 2 bridgehead atoms. The molecule has 0 unspecified atom stereocenters. The Hall–Kier alpha value is -1.06. The van der Waals surface area contributed by atoms with E-state index < -0.39 is 11.5 Å². The van der Waals surface area contributed by atoms with E-state index in [1.807, 2.05) is 0 Å². The highest BCUT2D eigenvalue weighted by Crippen LogP contribution is 2.46. The van der Waals surface area contributed by atoms with Gasteiger partial charge in [-0.05, 0) is 25.7 Å². The van der Waals surface area contributed by atoms with Gasteiger partial charge >= 0.3 is 5.97 Å². The van der Waals surface area contributed by atoms with E-state index in [9.17, 15) is 14.7 Å². The molecule has 4 nitrogen and oxygen atoms in total. The molecule has 14 heavy (non-hydrogen) atoms. The van der Waals surface area contributed by atoms with Crippen molar-refractivity contribution in [2.45, 2.75) is 50.6 Å². The minimum absolute atomic E-state index is 0.00704. The summed E-state index contributed by atoms with van der Waals surface area (Å²) in [5, 5.41) is 9.21. The molecular weight excluding hydrogens is 182 g/mol. The van der Waals surface area contributed by atoms with Crippen LogP contribution < -0.4 is 0 Å². The molecule has 2 heterocycles. The fraction of sp³-hybridized carbons (Fsp3) is 0.800. The number of fused-ring (bicyclic) bond motifs is 2. The van der Waals surface area contributed by atoms with Crippen LogP contribution in [0.4, 0.5) is 0 Å². The molecule has 0 aromatic rings. The maximum Gasteiger partial charge on any atom is 0.329 e. The molecule has 2 aliphatic heterocycles. The van der Waals surface area contributed by atoms with E-state index in [0.29, 0.717) is 19.3 Å². The van der Waals surface area contributed by atoms with Crippen molar-refractivity contribution in [1.29, 1.82) is 0 Å². The molecule has 1 amide bonds. The summed E-state index contributed by atoms with van der Waals surface area (Å²) in [4.78, 5) is 24.5. The normalized spacial score (nSPS) is 34.9. The average molecular weight is 197 g/mol. The maximum atomic E-state index is 11.6. The summed E-state index contributed by atoms with van der Waals surface area (Å²) in [7, 11) is 0. The number of nitrogens with zero attached hydrogens (tertiary/aromatic N) is 1. The van der Waals surface area contributed by atoms with Crippen LogP contribution in [0, 0.1) is 0 Å². The molecule has 0 aromatic heterocycles. The summed E-state index contributed by atoms with van der Waals surface area (Å²) < 4.78 is 0. The predicted molar refractivity (Wildman–Crippen MR) is 49.8 cm³/mol. The summed E-state index contributed by atoms with van der Waals surface area (Å²) in [6.07, 6.45) is 3.40. The fourth-order valence-corrected chi connectivity index (χ4v) is 2.86. The molecule has 78 valence electrons. The van der Waals surface area contributed by atoms with E-state index >= 15 is 0 Å². The van der Waals surface area contributed by atoms with Crippen molar-refractivity contribution >= 4 is 11.9 Å². The van der Waals surface area contributed by atoms with Crippen LogP contribution in [-0.2, 0) is 9.59 Å². The standard InChI is InChI=1S/C10H15NO3/c1-2-8(12)11-7-3-5-10(11,6-4-7)9(13)14/h7H,2-6H2,1H3,(H,13,14). The van der Waals surface area contributed by atoms with Crippen molar-refractivity contribution in [3.8, 4) is 0 Å². The Balaban J connectivity index is 2.32. The van der Waals surface area contributed by atoms with Crippen molar-refractivity contribution in [2.75, 3.05) is 0 Å². The van der Waals surface area contributed by atoms with Crippen molar-refractivity contribution in [1.82, 2.24) is 4.90 Å². The van der Waals surface area contributed by atoms with Crippen LogP contribution in [0.15, 0.2) is 0 Å². The minimum Gasteiger partial charge on any atom is -0.479 e. The van der Waals surface area contributed by atoms with Gasteiger partial charge < -0.3 is 10.0 Å². The number of carbonyl (C=O) groups is 2. The van der Waals surface area contributed by atoms with Crippen molar-refractivity contribution in [3.63, 3.8) is 0 Å². The Morgan fingerprint density at radius 3 is 2.43 bits per heavy atom. The molecule has 2 saturated heterocycles. The van der Waals surface area contributed by atoms with E-state index in [0.717, 1.165) is 12.8 Å². The second-order valence-corrected chi connectivity index (χ2v) is 4.19. The zero-order valence-electron chi connectivity index (χ0n) is 8.32. The van der Waals surface area contributed by atoms with Crippen LogP contribution in [0.3, 0.4) is 0 Å². The third kappa shape index (κ3) is 0.996. The van der Waals surface area contributed by atoms with E-state index in [1.54, 1.807) is 11.8 Å². The lowest BCUT2D eigenvalue weighted by molar-refractivity contribution is -0.155. The number of aliphatic carboxylic acids is 1. The number of rotatable bonds is 2. The second kappa shape index (κ2) is 2.97. The van der Waals surface area contributed by atoms with Gasteiger partial charge in [0, 0.05) is 12.5 Å². The highest BCUT2D eigenvalue weighted by Gasteiger charge is 2.58. The van der Waals surface area contributed by atoms with Gasteiger partial charge in [0.05, 0.1) is 0 Å². The summed E-state index contributed by atoms with van der Waals surface area (Å²) in [5.41, 5.74) is -0.849. The Morgan fingerprint density at radius 2 is 2.00 bits per heavy atom. The first-order chi connectivity index (χ1) is 6.62. The zero-order valence-corrected chi connectivity index (χ0v) is 8.32. The highest BCUT2D eigenvalue weighted by atomic mass is 16.4. The Labute approximate surface area is 82.9 Å². The first-order valence-corrected chi connectivity index (χ1v) is 5.17. The van der Waals surface area contributed by atoms with Gasteiger partial charge in [-0.15, -0.1) is 0 Å². The van der Waals surface area contributed by atoms with Gasteiger partial charge in [0.25, 0.3) is 0 Å². The molecule has 1 N–H and O–H groups in total. The Kier molecular flexibility index (Phi) is 2.01. The molecule has 2 aliphatic rings. The summed E-state index contributed by atoms with van der Waals surface area (Å²) in [5.74, 6) is -0.827. The lowest BCUT2D eigenvalue weighted by atomic mass is 9.88. The van der Waals surface area contributed by atoms with Gasteiger partial charge in [-0.25, -0.2) is 4.79 Å². The van der Waals surface area contributed by atoms with Crippen LogP contribution >= 0.6 is 0 Å². The predicted octanol–water partition coefficient (Wildman–Crippen LogP) is 1.00. The largest absolute Gasteiger partial charge is 0.479 e. The van der Waals surface area contributed by atoms with Crippen LogP contribution in [0.5, 0.6) is 0 Å². The molecule has 0 saturated carbocycles. The molecule has 0 atom stereocenters. The Bertz CT molecular complexity index is 279. The summed E-state index contributed by atoms with van der Waals surface area (Å²) in [6.45, 7) is 1.79. The van der Waals surface area contributed by atoms with Crippen LogP contribution in [-0.4, -0.2) is 33.5 Å². The van der Waals surface area contributed by atoms with Crippen LogP contribution in [0.2, 0.25) is 0 Å². The van der Waals surface area contributed by atoms with Gasteiger partial charge in [0.2, 0.25) is 5.91 Å². The molecule has 4 heteroatoms. The van der Waals surface area contributed by atoms with E-state index in [2.05, 4.69) is 0 Å². The first-order valence-electron chi connectivity index (χ1n) is 5.17. The van der Waals surface area contributed by atoms with Gasteiger partial charge in [0.15, 0.2) is 0 Å². The minimum atomic E-state index is -0.849. The van der Waals surface area contributed by atoms with Crippen LogP contribution in [0.1, 0.15) is 39.0 Å². The lowest BCUT2D eigenvalue weighted by Gasteiger charge is -2.30. The molecule has 2 fully saturated rings. The van der Waals surface area contributed by atoms with E-state index in [1.165, 1.54) is 0 Å². The Morgan fingerprint density at radius 1 is 1.43 bits per heavy atom. The molecule has 2 rings (SSSR count). The second-order valence-electron chi connectivity index (χ2n) is 4.19. The van der Waals surface area contributed by atoms with E-state index in [4.69, 9.17) is 0 Å². The lowest BCUT2D eigenvalue weighted by Crippen LogP contribution is -2.50. The van der Waals surface area contributed by atoms with Crippen molar-refractivity contribution < 1.29 is 14.7 Å². The summed E-state index contributed by atoms with van der Waals surface area (Å²) >= 11 is 0. The number of carboxylic acids is 1. The van der Waals surface area contributed by atoms with Gasteiger partial charge in [-0.3, -0.25) is 4.79 Å². The quantitative estimate of drug-likeness (QED) is 0.718. The number of amides is 1. The van der Waals surface area contributed by atoms with Crippen LogP contribution in [0.25, 0.3) is 0 Å². The van der Waals surface area contributed by atoms with Gasteiger partial charge in [0.1, 0.15) is 5.54 Å². The molecular formula is C10H15NO3. The van der Waals surface area contributed by atoms with Crippen molar-refractivity contribution in [2.24, 2.45) is 0 Å². The third-order valence-electron chi connectivity index (χ3n) is 3.58. The van der Waals surface area contributed by atoms with Crippen molar-refractivity contribution in [3.05, 3.63) is 0 Å². The fourth-order valence-electron chi connectivity index (χ4n) is 2.86. The monoisotopic (exact) mass is 197 g/mol. The third-order valence-corrected chi connectivity index (χ3v) is 3.58. The number of hydrogen-bond donors (Lipinski definition) is 1. The maximum absolute atomic E-state index is 11.6. The average Bonchev–Trinajstić information content (AvgIpc) is 2.72. The molecule has 0 radical (unpaired) electrons. The molecule has 0 aliphatic carbocycles. The number of carboxylic acid groups (broad SMARTS) is 1.